The average molecular weight is 307 g/mol. The molecule has 0 saturated carbocycles. The zero-order valence-corrected chi connectivity index (χ0v) is 13.4. The first-order valence-electron chi connectivity index (χ1n) is 7.34. The molecule has 0 aliphatic carbocycles. The third-order valence-electron chi connectivity index (χ3n) is 2.84. The quantitative estimate of drug-likeness (QED) is 0.712. The second-order valence-corrected chi connectivity index (χ2v) is 5.97. The maximum Gasteiger partial charge on any atom is 0.226 e. The number of carbonyl (C=O) groups excluding carboxylic acids is 2. The van der Waals surface area contributed by atoms with E-state index in [1.165, 1.54) is 0 Å². The summed E-state index contributed by atoms with van der Waals surface area (Å²) < 4.78 is 5.35. The Balaban J connectivity index is 2.34. The molecule has 4 N–H and O–H groups in total. The molecular formula is C16H25N3O3. The predicted octanol–water partition coefficient (Wildman–Crippen LogP) is 1.51. The van der Waals surface area contributed by atoms with E-state index in [-0.39, 0.29) is 18.2 Å². The molecule has 1 aromatic rings. The highest BCUT2D eigenvalue weighted by Gasteiger charge is 2.20. The van der Waals surface area contributed by atoms with Crippen LogP contribution in [-0.2, 0) is 9.59 Å². The predicted molar refractivity (Wildman–Crippen MR) is 86.7 cm³/mol. The molecule has 6 heteroatoms. The zero-order chi connectivity index (χ0) is 16.6. The maximum absolute atomic E-state index is 11.8. The van der Waals surface area contributed by atoms with Crippen molar-refractivity contribution in [2.45, 2.75) is 27.2 Å². The van der Waals surface area contributed by atoms with Gasteiger partial charge in [0.15, 0.2) is 0 Å². The smallest absolute Gasteiger partial charge is 0.226 e. The number of carbonyl (C=O) groups is 2. The molecule has 0 bridgehead atoms. The van der Waals surface area contributed by atoms with Gasteiger partial charge in [0, 0.05) is 30.6 Å². The van der Waals surface area contributed by atoms with Crippen LogP contribution in [0.1, 0.15) is 27.2 Å². The minimum atomic E-state index is -0.449. The summed E-state index contributed by atoms with van der Waals surface area (Å²) in [5, 5.41) is 5.51. The van der Waals surface area contributed by atoms with Gasteiger partial charge in [0.1, 0.15) is 12.4 Å². The summed E-state index contributed by atoms with van der Waals surface area (Å²) in [6.07, 6.45) is 0.229. The molecule has 1 aromatic carbocycles. The molecule has 0 aliphatic rings. The fraction of sp³-hybridized carbons (Fsp3) is 0.500. The van der Waals surface area contributed by atoms with Gasteiger partial charge >= 0.3 is 0 Å². The second-order valence-electron chi connectivity index (χ2n) is 5.97. The molecule has 0 spiro atoms. The van der Waals surface area contributed by atoms with Crippen LogP contribution in [-0.4, -0.2) is 31.5 Å². The lowest BCUT2D eigenvalue weighted by Gasteiger charge is -2.17. The van der Waals surface area contributed by atoms with Gasteiger partial charge in [-0.15, -0.1) is 0 Å². The fourth-order valence-corrected chi connectivity index (χ4v) is 1.59. The van der Waals surface area contributed by atoms with Crippen LogP contribution >= 0.6 is 0 Å². The number of rotatable bonds is 7. The third-order valence-corrected chi connectivity index (χ3v) is 2.84. The van der Waals surface area contributed by atoms with Crippen LogP contribution in [0.2, 0.25) is 0 Å². The van der Waals surface area contributed by atoms with Crippen LogP contribution < -0.4 is 21.1 Å². The Labute approximate surface area is 131 Å². The first-order chi connectivity index (χ1) is 10.3. The van der Waals surface area contributed by atoms with Crippen molar-refractivity contribution < 1.29 is 14.3 Å². The normalized spacial score (nSPS) is 10.9. The van der Waals surface area contributed by atoms with E-state index in [2.05, 4.69) is 10.6 Å². The van der Waals surface area contributed by atoms with Gasteiger partial charge in [-0.3, -0.25) is 9.59 Å². The largest absolute Gasteiger partial charge is 0.492 e. The summed E-state index contributed by atoms with van der Waals surface area (Å²) in [4.78, 5) is 23.5. The molecule has 0 radical (unpaired) electrons. The number of hydrogen-bond donors (Lipinski definition) is 3. The van der Waals surface area contributed by atoms with Gasteiger partial charge < -0.3 is 21.1 Å². The minimum absolute atomic E-state index is 0.0679. The van der Waals surface area contributed by atoms with Crippen molar-refractivity contribution in [3.8, 4) is 5.75 Å². The van der Waals surface area contributed by atoms with Crippen LogP contribution in [0.4, 0.5) is 5.69 Å². The van der Waals surface area contributed by atoms with E-state index < -0.39 is 5.41 Å². The SMILES string of the molecule is CC(C)(C)C(=O)NCCC(=O)Nc1ccc(OCCN)cc1. The van der Waals surface area contributed by atoms with Crippen molar-refractivity contribution in [1.82, 2.24) is 5.32 Å². The lowest BCUT2D eigenvalue weighted by atomic mass is 9.96. The highest BCUT2D eigenvalue weighted by atomic mass is 16.5. The van der Waals surface area contributed by atoms with Gasteiger partial charge in [0.25, 0.3) is 0 Å². The van der Waals surface area contributed by atoms with Gasteiger partial charge in [-0.05, 0) is 24.3 Å². The van der Waals surface area contributed by atoms with Crippen LogP contribution in [0.3, 0.4) is 0 Å². The van der Waals surface area contributed by atoms with Crippen LogP contribution in [0.5, 0.6) is 5.75 Å². The summed E-state index contributed by atoms with van der Waals surface area (Å²) in [5.74, 6) is 0.493. The first kappa shape index (κ1) is 18.0. The summed E-state index contributed by atoms with van der Waals surface area (Å²) in [7, 11) is 0. The van der Waals surface area contributed by atoms with Crippen molar-refractivity contribution in [3.05, 3.63) is 24.3 Å². The number of hydrogen-bond acceptors (Lipinski definition) is 4. The standard InChI is InChI=1S/C16H25N3O3/c1-16(2,3)15(21)18-10-8-14(20)19-12-4-6-13(7-5-12)22-11-9-17/h4-7H,8-11,17H2,1-3H3,(H,18,21)(H,19,20). The van der Waals surface area contributed by atoms with Crippen molar-refractivity contribution in [2.24, 2.45) is 11.1 Å². The Kier molecular flexibility index (Phi) is 6.85. The minimum Gasteiger partial charge on any atom is -0.492 e. The Morgan fingerprint density at radius 3 is 2.36 bits per heavy atom. The van der Waals surface area contributed by atoms with Gasteiger partial charge in [0.2, 0.25) is 11.8 Å². The average Bonchev–Trinajstić information content (AvgIpc) is 2.45. The van der Waals surface area contributed by atoms with Crippen molar-refractivity contribution in [3.63, 3.8) is 0 Å². The number of benzene rings is 1. The molecule has 0 fully saturated rings. The van der Waals surface area contributed by atoms with Crippen LogP contribution in [0.15, 0.2) is 24.3 Å². The molecule has 0 aromatic heterocycles. The Hall–Kier alpha value is -2.08. The summed E-state index contributed by atoms with van der Waals surface area (Å²) >= 11 is 0. The molecule has 0 unspecified atom stereocenters. The summed E-state index contributed by atoms with van der Waals surface area (Å²) in [6, 6.07) is 7.06. The third kappa shape index (κ3) is 6.58. The molecule has 0 atom stereocenters. The van der Waals surface area contributed by atoms with Gasteiger partial charge in [0.05, 0.1) is 0 Å². The Bertz CT molecular complexity index is 492. The number of anilines is 1. The molecular weight excluding hydrogens is 282 g/mol. The van der Waals surface area contributed by atoms with Crippen LogP contribution in [0.25, 0.3) is 0 Å². The molecule has 0 saturated heterocycles. The van der Waals surface area contributed by atoms with E-state index in [0.29, 0.717) is 31.1 Å². The highest BCUT2D eigenvalue weighted by molar-refractivity contribution is 5.91. The molecule has 122 valence electrons. The summed E-state index contributed by atoms with van der Waals surface area (Å²) in [6.45, 7) is 6.72. The highest BCUT2D eigenvalue weighted by Crippen LogP contribution is 2.16. The van der Waals surface area contributed by atoms with E-state index >= 15 is 0 Å². The van der Waals surface area contributed by atoms with E-state index in [1.807, 2.05) is 20.8 Å². The van der Waals surface area contributed by atoms with Crippen molar-refractivity contribution in [2.75, 3.05) is 25.0 Å². The van der Waals surface area contributed by atoms with Crippen molar-refractivity contribution in [1.29, 1.82) is 0 Å². The molecule has 6 nitrogen and oxygen atoms in total. The Morgan fingerprint density at radius 2 is 1.82 bits per heavy atom. The fourth-order valence-electron chi connectivity index (χ4n) is 1.59. The van der Waals surface area contributed by atoms with E-state index in [4.69, 9.17) is 10.5 Å². The lowest BCUT2D eigenvalue weighted by Crippen LogP contribution is -2.36. The topological polar surface area (TPSA) is 93.5 Å². The number of amides is 2. The molecule has 2 amide bonds. The molecule has 1 rings (SSSR count). The van der Waals surface area contributed by atoms with Gasteiger partial charge in [-0.25, -0.2) is 0 Å². The lowest BCUT2D eigenvalue weighted by molar-refractivity contribution is -0.128. The molecule has 0 aliphatic heterocycles. The number of ether oxygens (including phenoxy) is 1. The molecule has 0 heterocycles. The Morgan fingerprint density at radius 1 is 1.18 bits per heavy atom. The zero-order valence-electron chi connectivity index (χ0n) is 13.4. The van der Waals surface area contributed by atoms with Crippen molar-refractivity contribution >= 4 is 17.5 Å². The number of nitrogens with two attached hydrogens (primary N) is 1. The summed E-state index contributed by atoms with van der Waals surface area (Å²) in [5.41, 5.74) is 5.59. The van der Waals surface area contributed by atoms with Crippen LogP contribution in [0, 0.1) is 5.41 Å². The van der Waals surface area contributed by atoms with Gasteiger partial charge in [-0.2, -0.15) is 0 Å². The number of nitrogens with one attached hydrogen (secondary N) is 2. The maximum atomic E-state index is 11.8. The van der Waals surface area contributed by atoms with E-state index in [1.54, 1.807) is 24.3 Å². The first-order valence-corrected chi connectivity index (χ1v) is 7.34. The second kappa shape index (κ2) is 8.38. The monoisotopic (exact) mass is 307 g/mol. The van der Waals surface area contributed by atoms with E-state index in [9.17, 15) is 9.59 Å². The van der Waals surface area contributed by atoms with E-state index in [0.717, 1.165) is 0 Å². The molecule has 22 heavy (non-hydrogen) atoms. The van der Waals surface area contributed by atoms with Gasteiger partial charge in [-0.1, -0.05) is 20.8 Å².